The first-order valence-corrected chi connectivity index (χ1v) is 20.7. The zero-order valence-electron chi connectivity index (χ0n) is 33.2. The molecule has 14 nitrogen and oxygen atoms in total. The van der Waals surface area contributed by atoms with E-state index in [2.05, 4.69) is 41.5 Å². The van der Waals surface area contributed by atoms with Gasteiger partial charge in [0.2, 0.25) is 0 Å². The van der Waals surface area contributed by atoms with E-state index in [-0.39, 0.29) is 12.1 Å². The lowest BCUT2D eigenvalue weighted by Gasteiger charge is -2.26. The zero-order valence-corrected chi connectivity index (χ0v) is 34.8. The number of hydrogen-bond donors (Lipinski definition) is 0. The average molecular weight is 907 g/mol. The van der Waals surface area contributed by atoms with Crippen molar-refractivity contribution in [3.63, 3.8) is 0 Å². The molecule has 2 saturated heterocycles. The summed E-state index contributed by atoms with van der Waals surface area (Å²) in [4.78, 5) is 13.7. The summed E-state index contributed by atoms with van der Waals surface area (Å²) in [7, 11) is 0. The van der Waals surface area contributed by atoms with E-state index in [1.54, 1.807) is 43.2 Å². The van der Waals surface area contributed by atoms with Crippen molar-refractivity contribution in [1.82, 2.24) is 53.9 Å². The number of rotatable bonds is 7. The lowest BCUT2D eigenvalue weighted by atomic mass is 10.0. The van der Waals surface area contributed by atoms with Crippen molar-refractivity contribution in [2.75, 3.05) is 22.9 Å². The highest BCUT2D eigenvalue weighted by atomic mass is 79.9. The Hall–Kier alpha value is -6.89. The molecule has 314 valence electrons. The summed E-state index contributed by atoms with van der Waals surface area (Å²) in [6, 6.07) is 10.4. The molecule has 2 aromatic carbocycles. The summed E-state index contributed by atoms with van der Waals surface area (Å²) >= 11 is 3.39. The summed E-state index contributed by atoms with van der Waals surface area (Å²) < 4.78 is 69.3. The van der Waals surface area contributed by atoms with E-state index in [1.807, 2.05) is 60.6 Å². The second-order valence-corrected chi connectivity index (χ2v) is 16.1. The van der Waals surface area contributed by atoms with E-state index in [4.69, 9.17) is 14.5 Å². The molecule has 0 radical (unpaired) electrons. The first-order valence-electron chi connectivity index (χ1n) is 19.9. The number of fused-ring (bicyclic) bond motifs is 2. The molecule has 19 heteroatoms. The minimum absolute atomic E-state index is 0.254. The van der Waals surface area contributed by atoms with Crippen molar-refractivity contribution < 1.29 is 22.1 Å². The predicted molar refractivity (Wildman–Crippen MR) is 224 cm³/mol. The van der Waals surface area contributed by atoms with Gasteiger partial charge in [0, 0.05) is 54.6 Å². The molecule has 7 aromatic heterocycles. The van der Waals surface area contributed by atoms with Crippen LogP contribution < -0.4 is 9.80 Å². The Morgan fingerprint density at radius 2 is 1.18 bits per heavy atom. The van der Waals surface area contributed by atoms with E-state index in [0.29, 0.717) is 46.3 Å². The van der Waals surface area contributed by atoms with Crippen LogP contribution in [0.4, 0.5) is 29.2 Å². The number of benzene rings is 2. The number of anilines is 2. The quantitative estimate of drug-likeness (QED) is 0.143. The fourth-order valence-corrected chi connectivity index (χ4v) is 8.80. The first-order chi connectivity index (χ1) is 30.1. The van der Waals surface area contributed by atoms with Crippen LogP contribution in [-0.2, 0) is 0 Å². The average Bonchev–Trinajstić information content (AvgIpc) is 4.13. The molecule has 0 amide bonds. The van der Waals surface area contributed by atoms with Crippen molar-refractivity contribution >= 4 is 38.9 Å². The predicted octanol–water partition coefficient (Wildman–Crippen LogP) is 9.10. The summed E-state index contributed by atoms with van der Waals surface area (Å²) in [5, 5.41) is 21.5. The lowest BCUT2D eigenvalue weighted by molar-refractivity contribution is 0.393. The molecule has 2 atom stereocenters. The molecule has 0 N–H and O–H groups in total. The Labute approximate surface area is 359 Å². The Morgan fingerprint density at radius 3 is 1.68 bits per heavy atom. The van der Waals surface area contributed by atoms with Crippen LogP contribution in [0.15, 0.2) is 107 Å². The second kappa shape index (κ2) is 15.9. The Morgan fingerprint density at radius 1 is 0.645 bits per heavy atom. The number of aromatic nitrogens is 11. The highest BCUT2D eigenvalue weighted by molar-refractivity contribution is 9.10. The van der Waals surface area contributed by atoms with Gasteiger partial charge in [-0.25, -0.2) is 45.9 Å². The molecule has 62 heavy (non-hydrogen) atoms. The maximum Gasteiger partial charge on any atom is 0.183 e. The summed E-state index contributed by atoms with van der Waals surface area (Å²) in [5.74, 6) is 0.414. The molecular weight excluding hydrogens is 870 g/mol. The van der Waals surface area contributed by atoms with Crippen LogP contribution >= 0.6 is 15.9 Å². The van der Waals surface area contributed by atoms with Crippen LogP contribution in [-0.4, -0.2) is 67.0 Å². The van der Waals surface area contributed by atoms with E-state index in [9.17, 15) is 17.6 Å². The summed E-state index contributed by atoms with van der Waals surface area (Å²) in [6.45, 7) is 5.18. The third-order valence-electron chi connectivity index (χ3n) is 11.3. The highest BCUT2D eigenvalue weighted by Gasteiger charge is 2.32. The highest BCUT2D eigenvalue weighted by Crippen LogP contribution is 2.39. The molecule has 0 bridgehead atoms. The Bertz CT molecular complexity index is 3080. The van der Waals surface area contributed by atoms with Gasteiger partial charge >= 0.3 is 0 Å². The van der Waals surface area contributed by atoms with Crippen molar-refractivity contribution in [2.45, 2.75) is 51.6 Å². The lowest BCUT2D eigenvalue weighted by Crippen LogP contribution is -2.24. The largest absolute Gasteiger partial charge is 0.361 e. The molecule has 2 aliphatic heterocycles. The van der Waals surface area contributed by atoms with Gasteiger partial charge in [-0.2, -0.15) is 20.4 Å². The third-order valence-corrected chi connectivity index (χ3v) is 11.8. The topological polar surface area (TPSA) is 129 Å². The van der Waals surface area contributed by atoms with E-state index in [0.717, 1.165) is 77.1 Å². The third kappa shape index (κ3) is 7.14. The molecule has 9 heterocycles. The Kier molecular flexibility index (Phi) is 10.0. The van der Waals surface area contributed by atoms with Crippen molar-refractivity contribution in [3.8, 4) is 22.5 Å². The maximum atomic E-state index is 14.5. The summed E-state index contributed by atoms with van der Waals surface area (Å²) in [6.07, 6.45) is 17.4. The van der Waals surface area contributed by atoms with Crippen LogP contribution in [0.3, 0.4) is 0 Å². The Balaban J connectivity index is 0.000000151. The van der Waals surface area contributed by atoms with Gasteiger partial charge < -0.3 is 14.3 Å². The van der Waals surface area contributed by atoms with Gasteiger partial charge in [0.25, 0.3) is 0 Å². The van der Waals surface area contributed by atoms with Gasteiger partial charge in [0.15, 0.2) is 11.3 Å². The molecule has 0 aliphatic carbocycles. The zero-order chi connectivity index (χ0) is 42.6. The minimum Gasteiger partial charge on any atom is -0.361 e. The first kappa shape index (κ1) is 39.3. The number of halogens is 5. The van der Waals surface area contributed by atoms with Gasteiger partial charge in [-0.15, -0.1) is 0 Å². The molecule has 0 saturated carbocycles. The van der Waals surface area contributed by atoms with Crippen LogP contribution in [0.25, 0.3) is 33.8 Å². The van der Waals surface area contributed by atoms with Gasteiger partial charge in [0.05, 0.1) is 52.6 Å². The fourth-order valence-electron chi connectivity index (χ4n) is 8.52. The number of hydrogen-bond acceptors (Lipinski definition) is 10. The fraction of sp³-hybridized carbons (Fsp3) is 0.233. The molecule has 11 rings (SSSR count). The minimum atomic E-state index is -0.447. The smallest absolute Gasteiger partial charge is 0.183 e. The molecular formula is C43H36BrF4N13O. The molecule has 9 aromatic rings. The molecule has 0 unspecified atom stereocenters. The maximum absolute atomic E-state index is 14.5. The van der Waals surface area contributed by atoms with Gasteiger partial charge in [-0.3, -0.25) is 0 Å². The monoisotopic (exact) mass is 905 g/mol. The SMILES string of the molecule is Cc1noc(C)c1-c1cnn(-c2cnn3ccc(N4CCC[C@@H]4c4cc(F)ccc4F)nc23)c1.Fc1ccc(F)c([C@H]2CCCN2c2ccn3ncc(-n4cc(Br)cn4)c3n2)c1. The molecule has 2 fully saturated rings. The van der Waals surface area contributed by atoms with Crippen molar-refractivity contribution in [1.29, 1.82) is 0 Å². The van der Waals surface area contributed by atoms with Crippen LogP contribution in [0.2, 0.25) is 0 Å². The van der Waals surface area contributed by atoms with Crippen LogP contribution in [0.5, 0.6) is 0 Å². The summed E-state index contributed by atoms with van der Waals surface area (Å²) in [5.41, 5.74) is 5.99. The van der Waals surface area contributed by atoms with Gasteiger partial charge in [-0.1, -0.05) is 5.16 Å². The van der Waals surface area contributed by atoms with Gasteiger partial charge in [0.1, 0.15) is 52.0 Å². The van der Waals surface area contributed by atoms with E-state index in [1.165, 1.54) is 24.3 Å². The van der Waals surface area contributed by atoms with E-state index >= 15 is 0 Å². The van der Waals surface area contributed by atoms with Gasteiger partial charge in [-0.05, 0) is 104 Å². The normalized spacial score (nSPS) is 16.5. The van der Waals surface area contributed by atoms with Crippen molar-refractivity contribution in [2.24, 2.45) is 0 Å². The molecule has 2 aliphatic rings. The standard InChI is InChI=1S/C24H21F2N7O.C19H15BrF2N6/c1-14-23(15(2)34-30-14)16-11-27-33(13-16)21-12-28-32-9-7-22(29-24(21)32)31-8-3-4-20(31)18-10-17(25)5-6-19(18)26;20-12-9-23-28(11-12)17-10-24-27-7-5-18(25-19(17)27)26-6-1-2-16(26)14-8-13(21)3-4-15(14)22/h5-7,9-13,20H,3-4,8H2,1-2H3;3-5,7-11,16H,1-2,6H2/t20-;16-/m11/s1. The van der Waals surface area contributed by atoms with E-state index < -0.39 is 23.3 Å². The van der Waals surface area contributed by atoms with Crippen LogP contribution in [0.1, 0.15) is 60.3 Å². The second-order valence-electron chi connectivity index (χ2n) is 15.2. The number of nitrogens with zero attached hydrogens (tertiary/aromatic N) is 13. The number of aryl methyl sites for hydroxylation is 2. The van der Waals surface area contributed by atoms with Crippen LogP contribution in [0, 0.1) is 37.1 Å². The van der Waals surface area contributed by atoms with Crippen molar-refractivity contribution in [3.05, 3.63) is 148 Å². The molecule has 0 spiro atoms.